The Balaban J connectivity index is 1.43. The van der Waals surface area contributed by atoms with Crippen LogP contribution in [0.15, 0.2) is 54.2 Å². The van der Waals surface area contributed by atoms with Crippen LogP contribution in [0.1, 0.15) is 58.9 Å². The molecule has 34 heavy (non-hydrogen) atoms. The molecule has 2 aliphatic carbocycles. The highest BCUT2D eigenvalue weighted by Gasteiger charge is 2.54. The molecule has 5 rings (SSSR count). The average Bonchev–Trinajstić information content (AvgIpc) is 3.34. The topological polar surface area (TPSA) is 105 Å². The minimum Gasteiger partial charge on any atom is -0.389 e. The number of nitrogens with two attached hydrogens (primary N) is 1. The van der Waals surface area contributed by atoms with E-state index in [-0.39, 0.29) is 5.82 Å². The lowest BCUT2D eigenvalue weighted by Crippen LogP contribution is -2.45. The van der Waals surface area contributed by atoms with Gasteiger partial charge in [0.25, 0.3) is 0 Å². The first-order valence-electron chi connectivity index (χ1n) is 11.3. The van der Waals surface area contributed by atoms with E-state index in [2.05, 4.69) is 18.1 Å². The van der Waals surface area contributed by atoms with Gasteiger partial charge in [0.15, 0.2) is 0 Å². The number of rotatable bonds is 5. The molecule has 0 spiro atoms. The number of hydrogen-bond donors (Lipinski definition) is 2. The minimum absolute atomic E-state index is 0.293. The highest BCUT2D eigenvalue weighted by atomic mass is 19.1. The van der Waals surface area contributed by atoms with Gasteiger partial charge in [0.2, 0.25) is 5.91 Å². The van der Waals surface area contributed by atoms with Gasteiger partial charge in [-0.05, 0) is 85.7 Å². The van der Waals surface area contributed by atoms with Gasteiger partial charge in [-0.25, -0.2) is 9.07 Å². The molecule has 1 aromatic heterocycles. The van der Waals surface area contributed by atoms with E-state index in [9.17, 15) is 14.3 Å². The van der Waals surface area contributed by atoms with Crippen molar-refractivity contribution >= 4 is 12.0 Å². The smallest absolute Gasteiger partial charge is 0.249 e. The number of aryl methyl sites for hydroxylation is 1. The van der Waals surface area contributed by atoms with E-state index in [1.54, 1.807) is 24.3 Å². The lowest BCUT2D eigenvalue weighted by Gasteiger charge is -2.42. The molecule has 0 unspecified atom stereocenters. The first-order chi connectivity index (χ1) is 16.2. The zero-order chi connectivity index (χ0) is 24.1. The maximum absolute atomic E-state index is 13.4. The number of amides is 1. The van der Waals surface area contributed by atoms with Crippen LogP contribution in [0.5, 0.6) is 0 Å². The van der Waals surface area contributed by atoms with Crippen molar-refractivity contribution in [3.05, 3.63) is 88.0 Å². The van der Waals surface area contributed by atoms with E-state index in [0.29, 0.717) is 36.8 Å². The largest absolute Gasteiger partial charge is 0.389 e. The third-order valence-corrected chi connectivity index (χ3v) is 7.67. The molecule has 3 N–H and O–H groups in total. The zero-order valence-electron chi connectivity index (χ0n) is 18.9. The van der Waals surface area contributed by atoms with Crippen molar-refractivity contribution in [2.45, 2.75) is 44.6 Å². The van der Waals surface area contributed by atoms with Gasteiger partial charge in [-0.3, -0.25) is 4.79 Å². The maximum atomic E-state index is 13.4. The van der Waals surface area contributed by atoms with E-state index in [1.807, 2.05) is 16.9 Å². The van der Waals surface area contributed by atoms with Crippen LogP contribution < -0.4 is 5.73 Å². The Morgan fingerprint density at radius 3 is 2.76 bits per heavy atom. The van der Waals surface area contributed by atoms with Gasteiger partial charge in [0, 0.05) is 11.0 Å². The van der Waals surface area contributed by atoms with Crippen molar-refractivity contribution < 1.29 is 14.3 Å². The molecule has 0 radical (unpaired) electrons. The van der Waals surface area contributed by atoms with Crippen LogP contribution in [-0.4, -0.2) is 26.4 Å². The summed E-state index contributed by atoms with van der Waals surface area (Å²) < 4.78 is 15.2. The molecule has 2 aromatic carbocycles. The summed E-state index contributed by atoms with van der Waals surface area (Å²) in [5.74, 6) is -0.869. The SMILES string of the molecule is C[C@]12Cc3cnn(-c4ccc(F)cc4)c3C=C1CC[C@@]2(O)CCc1ccc(C#N)cc1C(N)=O. The van der Waals surface area contributed by atoms with Crippen molar-refractivity contribution in [1.29, 1.82) is 5.26 Å². The average molecular weight is 457 g/mol. The molecule has 1 saturated carbocycles. The van der Waals surface area contributed by atoms with E-state index in [4.69, 9.17) is 11.0 Å². The lowest BCUT2D eigenvalue weighted by atomic mass is 9.65. The van der Waals surface area contributed by atoms with E-state index in [1.165, 1.54) is 23.8 Å². The van der Waals surface area contributed by atoms with Crippen molar-refractivity contribution in [3.8, 4) is 11.8 Å². The molecule has 1 amide bonds. The number of primary amides is 1. The molecule has 0 bridgehead atoms. The fourth-order valence-corrected chi connectivity index (χ4v) is 5.55. The molecule has 172 valence electrons. The Labute approximate surface area is 197 Å². The van der Waals surface area contributed by atoms with Crippen molar-refractivity contribution in [2.75, 3.05) is 0 Å². The number of hydrogen-bond acceptors (Lipinski definition) is 4. The Kier molecular flexibility index (Phi) is 5.14. The second kappa shape index (κ2) is 7.93. The zero-order valence-corrected chi connectivity index (χ0v) is 18.9. The third kappa shape index (κ3) is 3.42. The number of carbonyl (C=O) groups is 1. The molecule has 6 nitrogen and oxygen atoms in total. The van der Waals surface area contributed by atoms with Crippen LogP contribution >= 0.6 is 0 Å². The van der Waals surface area contributed by atoms with E-state index in [0.717, 1.165) is 28.9 Å². The summed E-state index contributed by atoms with van der Waals surface area (Å²) in [5.41, 5.74) is 9.53. The van der Waals surface area contributed by atoms with Crippen molar-refractivity contribution in [3.63, 3.8) is 0 Å². The minimum atomic E-state index is -0.961. The first-order valence-corrected chi connectivity index (χ1v) is 11.3. The van der Waals surface area contributed by atoms with Crippen LogP contribution in [-0.2, 0) is 12.8 Å². The number of fused-ring (bicyclic) bond motifs is 2. The summed E-state index contributed by atoms with van der Waals surface area (Å²) in [5, 5.41) is 25.5. The molecule has 0 saturated heterocycles. The number of nitrogens with zero attached hydrogens (tertiary/aromatic N) is 3. The number of carbonyl (C=O) groups excluding carboxylic acids is 1. The van der Waals surface area contributed by atoms with Crippen molar-refractivity contribution in [2.24, 2.45) is 11.1 Å². The third-order valence-electron chi connectivity index (χ3n) is 7.67. The fourth-order valence-electron chi connectivity index (χ4n) is 5.55. The highest BCUT2D eigenvalue weighted by molar-refractivity contribution is 5.94. The molecule has 2 aliphatic rings. The van der Waals surface area contributed by atoms with Gasteiger partial charge in [-0.15, -0.1) is 0 Å². The molecule has 0 aliphatic heterocycles. The number of benzene rings is 2. The second-order valence-electron chi connectivity index (χ2n) is 9.50. The van der Waals surface area contributed by atoms with Gasteiger partial charge in [-0.1, -0.05) is 18.6 Å². The van der Waals surface area contributed by atoms with Crippen molar-refractivity contribution in [1.82, 2.24) is 9.78 Å². The molecule has 1 fully saturated rings. The van der Waals surface area contributed by atoms with Crippen LogP contribution in [0.4, 0.5) is 4.39 Å². The fraction of sp³-hybridized carbons (Fsp3) is 0.296. The Bertz CT molecular complexity index is 1370. The summed E-state index contributed by atoms with van der Waals surface area (Å²) in [4.78, 5) is 11.9. The predicted octanol–water partition coefficient (Wildman–Crippen LogP) is 4.09. The van der Waals surface area contributed by atoms with Crippen LogP contribution in [0.25, 0.3) is 11.8 Å². The van der Waals surface area contributed by atoms with Crippen LogP contribution in [0.2, 0.25) is 0 Å². The molecule has 7 heteroatoms. The number of halogens is 1. The Morgan fingerprint density at radius 2 is 2.06 bits per heavy atom. The maximum Gasteiger partial charge on any atom is 0.249 e. The Hall–Kier alpha value is -3.76. The summed E-state index contributed by atoms with van der Waals surface area (Å²) in [7, 11) is 0. The highest BCUT2D eigenvalue weighted by Crippen LogP contribution is 2.56. The summed E-state index contributed by atoms with van der Waals surface area (Å²) in [6.07, 6.45) is 6.90. The summed E-state index contributed by atoms with van der Waals surface area (Å²) in [6, 6.07) is 13.2. The lowest BCUT2D eigenvalue weighted by molar-refractivity contribution is -0.0461. The van der Waals surface area contributed by atoms with Gasteiger partial charge >= 0.3 is 0 Å². The second-order valence-corrected chi connectivity index (χ2v) is 9.50. The van der Waals surface area contributed by atoms with E-state index >= 15 is 0 Å². The van der Waals surface area contributed by atoms with Gasteiger partial charge in [0.05, 0.1) is 34.8 Å². The molecule has 2 atom stereocenters. The Morgan fingerprint density at radius 1 is 1.29 bits per heavy atom. The number of nitriles is 1. The van der Waals surface area contributed by atoms with Gasteiger partial charge in [-0.2, -0.15) is 10.4 Å². The molecular formula is C27H25FN4O2. The van der Waals surface area contributed by atoms with Crippen LogP contribution in [0.3, 0.4) is 0 Å². The van der Waals surface area contributed by atoms with Gasteiger partial charge in [0.1, 0.15) is 5.82 Å². The standard InChI is InChI=1S/C27H25FN4O2/c1-26-14-19-16-31-32(22-6-4-21(28)5-7-22)24(19)13-20(26)9-11-27(26,34)10-8-18-3-2-17(15-29)12-23(18)25(30)33/h2-7,12-13,16,34H,8-11,14H2,1H3,(H2,30,33)/t26-,27-/m0/s1. The number of aliphatic hydroxyl groups is 1. The quantitative estimate of drug-likeness (QED) is 0.603. The van der Waals surface area contributed by atoms with E-state index < -0.39 is 16.9 Å². The summed E-state index contributed by atoms with van der Waals surface area (Å²) in [6.45, 7) is 2.10. The monoisotopic (exact) mass is 456 g/mol. The van der Waals surface area contributed by atoms with Crippen LogP contribution in [0, 0.1) is 22.6 Å². The summed E-state index contributed by atoms with van der Waals surface area (Å²) >= 11 is 0. The molecule has 1 heterocycles. The number of aromatic nitrogens is 2. The molecular weight excluding hydrogens is 431 g/mol. The molecule has 3 aromatic rings. The van der Waals surface area contributed by atoms with Gasteiger partial charge < -0.3 is 10.8 Å². The first kappa shape index (κ1) is 22.1. The normalized spacial score (nSPS) is 23.1. The predicted molar refractivity (Wildman–Crippen MR) is 125 cm³/mol.